The number of carbonyl (C=O) groups is 3. The molecule has 0 aliphatic carbocycles. The van der Waals surface area contributed by atoms with Gasteiger partial charge in [-0.2, -0.15) is 0 Å². The Bertz CT molecular complexity index is 1150. The van der Waals surface area contributed by atoms with E-state index < -0.39 is 23.3 Å². The van der Waals surface area contributed by atoms with Gasteiger partial charge in [-0.1, -0.05) is 18.7 Å². The van der Waals surface area contributed by atoms with Crippen molar-refractivity contribution in [2.24, 2.45) is 0 Å². The molecule has 0 bridgehead atoms. The summed E-state index contributed by atoms with van der Waals surface area (Å²) >= 11 is 0. The third-order valence-electron chi connectivity index (χ3n) is 6.01. The minimum atomic E-state index is -0.501. The normalized spacial score (nSPS) is 10.5. The van der Waals surface area contributed by atoms with E-state index in [1.54, 1.807) is 0 Å². The molecular weight excluding hydrogens is 504 g/mol. The highest BCUT2D eigenvalue weighted by Crippen LogP contribution is 2.28. The van der Waals surface area contributed by atoms with Gasteiger partial charge in [-0.15, -0.1) is 0 Å². The van der Waals surface area contributed by atoms with Gasteiger partial charge in [-0.3, -0.25) is 14.4 Å². The Morgan fingerprint density at radius 2 is 1.26 bits per heavy atom. The van der Waals surface area contributed by atoms with Crippen LogP contribution in [0.25, 0.3) is 0 Å². The van der Waals surface area contributed by atoms with E-state index in [0.29, 0.717) is 64.8 Å². The largest absolute Gasteiger partial charge is 0.504 e. The predicted molar refractivity (Wildman–Crippen MR) is 147 cm³/mol. The molecule has 11 heteroatoms. The van der Waals surface area contributed by atoms with Gasteiger partial charge in [0.05, 0.1) is 11.1 Å². The molecule has 0 radical (unpaired) electrons. The maximum Gasteiger partial charge on any atom is 0.255 e. The van der Waals surface area contributed by atoms with Crippen molar-refractivity contribution < 1.29 is 34.8 Å². The molecule has 212 valence electrons. The van der Waals surface area contributed by atoms with Crippen molar-refractivity contribution in [2.75, 3.05) is 32.7 Å². The van der Waals surface area contributed by atoms with Crippen molar-refractivity contribution in [2.45, 2.75) is 39.0 Å². The number of hydrogen-bond donors (Lipinski definition) is 7. The molecule has 2 rings (SSSR count). The first kappa shape index (κ1) is 30.8. The van der Waals surface area contributed by atoms with E-state index >= 15 is 0 Å². The molecule has 0 atom stereocenters. The second-order valence-corrected chi connectivity index (χ2v) is 8.93. The molecule has 2 aromatic rings. The smallest absolute Gasteiger partial charge is 0.255 e. The number of allylic oxidation sites excluding steroid dienone is 1. The van der Waals surface area contributed by atoms with Crippen LogP contribution in [0.5, 0.6) is 23.0 Å². The summed E-state index contributed by atoms with van der Waals surface area (Å²) in [6.45, 7) is 8.38. The molecule has 0 aliphatic rings. The van der Waals surface area contributed by atoms with Gasteiger partial charge < -0.3 is 41.3 Å². The molecule has 11 nitrogen and oxygen atoms in total. The average molecular weight is 543 g/mol. The first-order chi connectivity index (χ1) is 18.6. The molecule has 3 amide bonds. The van der Waals surface area contributed by atoms with Crippen LogP contribution in [0.3, 0.4) is 0 Å². The maximum absolute atomic E-state index is 12.4. The van der Waals surface area contributed by atoms with E-state index in [9.17, 15) is 34.8 Å². The molecule has 0 aromatic heterocycles. The second-order valence-electron chi connectivity index (χ2n) is 8.93. The average Bonchev–Trinajstić information content (AvgIpc) is 2.91. The predicted octanol–water partition coefficient (Wildman–Crippen LogP) is 2.57. The van der Waals surface area contributed by atoms with Crippen LogP contribution in [0.4, 0.5) is 0 Å². The van der Waals surface area contributed by atoms with Crippen LogP contribution in [0.2, 0.25) is 0 Å². The Labute approximate surface area is 228 Å². The second kappa shape index (κ2) is 15.8. The van der Waals surface area contributed by atoms with Crippen LogP contribution in [0.15, 0.2) is 48.7 Å². The van der Waals surface area contributed by atoms with Gasteiger partial charge in [0.15, 0.2) is 23.0 Å². The lowest BCUT2D eigenvalue weighted by molar-refractivity contribution is -0.121. The van der Waals surface area contributed by atoms with Gasteiger partial charge in [-0.05, 0) is 56.9 Å². The summed E-state index contributed by atoms with van der Waals surface area (Å²) < 4.78 is 0. The monoisotopic (exact) mass is 542 g/mol. The SMILES string of the molecule is C=C(CCC(=O)NCC)N(CCCCNC(=O)c1cccc(O)c1O)CCCNC(=O)c1cccc(O)c1O. The van der Waals surface area contributed by atoms with E-state index in [2.05, 4.69) is 22.5 Å². The fourth-order valence-electron chi connectivity index (χ4n) is 3.85. The van der Waals surface area contributed by atoms with E-state index in [1.165, 1.54) is 36.4 Å². The third-order valence-corrected chi connectivity index (χ3v) is 6.01. The fraction of sp³-hybridized carbons (Fsp3) is 0.393. The highest BCUT2D eigenvalue weighted by atomic mass is 16.3. The number of aromatic hydroxyl groups is 4. The summed E-state index contributed by atoms with van der Waals surface area (Å²) in [5, 5.41) is 47.1. The summed E-state index contributed by atoms with van der Waals surface area (Å²) in [6.07, 6.45) is 2.69. The zero-order valence-electron chi connectivity index (χ0n) is 22.2. The fourth-order valence-corrected chi connectivity index (χ4v) is 3.85. The number of carbonyl (C=O) groups excluding carboxylic acids is 3. The summed E-state index contributed by atoms with van der Waals surface area (Å²) in [7, 11) is 0. The van der Waals surface area contributed by atoms with E-state index in [0.717, 1.165) is 5.70 Å². The number of hydrogen-bond acceptors (Lipinski definition) is 8. The first-order valence-electron chi connectivity index (χ1n) is 12.9. The number of amides is 3. The summed E-state index contributed by atoms with van der Waals surface area (Å²) in [5.41, 5.74) is 0.766. The standard InChI is InChI=1S/C28H38N4O7/c1-3-29-24(35)14-13-19(2)32(18-8-16-31-28(39)21-10-7-12-23(34)26(21)37)17-5-4-15-30-27(38)20-9-6-11-22(33)25(20)36/h6-7,9-12,33-34,36-37H,2-5,8,13-18H2,1H3,(H,29,35)(H,30,38)(H,31,39). The molecule has 0 unspecified atom stereocenters. The van der Waals surface area contributed by atoms with Crippen molar-refractivity contribution in [3.05, 3.63) is 59.8 Å². The lowest BCUT2D eigenvalue weighted by atomic mass is 10.1. The van der Waals surface area contributed by atoms with E-state index in [-0.39, 0.29) is 28.5 Å². The molecule has 0 heterocycles. The van der Waals surface area contributed by atoms with Crippen LogP contribution in [0, 0.1) is 0 Å². The zero-order valence-corrected chi connectivity index (χ0v) is 22.2. The van der Waals surface area contributed by atoms with Gasteiger partial charge in [0.25, 0.3) is 11.8 Å². The topological polar surface area (TPSA) is 171 Å². The Balaban J connectivity index is 1.84. The Morgan fingerprint density at radius 1 is 0.744 bits per heavy atom. The molecule has 7 N–H and O–H groups in total. The molecule has 0 aliphatic heterocycles. The quantitative estimate of drug-likeness (QED) is 0.125. The zero-order chi connectivity index (χ0) is 28.8. The van der Waals surface area contributed by atoms with E-state index in [1.807, 2.05) is 11.8 Å². The molecule has 0 fully saturated rings. The number of para-hydroxylation sites is 2. The number of nitrogens with one attached hydrogen (secondary N) is 3. The van der Waals surface area contributed by atoms with Gasteiger partial charge in [0, 0.05) is 44.8 Å². The van der Waals surface area contributed by atoms with Crippen LogP contribution < -0.4 is 16.0 Å². The van der Waals surface area contributed by atoms with Crippen molar-refractivity contribution in [3.63, 3.8) is 0 Å². The van der Waals surface area contributed by atoms with Crippen LogP contribution in [0.1, 0.15) is 59.7 Å². The highest BCUT2D eigenvalue weighted by molar-refractivity contribution is 5.98. The van der Waals surface area contributed by atoms with Gasteiger partial charge >= 0.3 is 0 Å². The number of nitrogens with zero attached hydrogens (tertiary/aromatic N) is 1. The van der Waals surface area contributed by atoms with Crippen molar-refractivity contribution in [1.82, 2.24) is 20.9 Å². The lowest BCUT2D eigenvalue weighted by Gasteiger charge is -2.27. The minimum Gasteiger partial charge on any atom is -0.504 e. The first-order valence-corrected chi connectivity index (χ1v) is 12.9. The van der Waals surface area contributed by atoms with Gasteiger partial charge in [-0.25, -0.2) is 0 Å². The number of phenolic OH excluding ortho intramolecular Hbond substituents is 4. The Hall–Kier alpha value is -4.41. The molecule has 2 aromatic carbocycles. The molecular formula is C28H38N4O7. The van der Waals surface area contributed by atoms with Gasteiger partial charge in [0.1, 0.15) is 0 Å². The number of benzene rings is 2. The molecule has 0 saturated carbocycles. The number of unbranched alkanes of at least 4 members (excludes halogenated alkanes) is 1. The van der Waals surface area contributed by atoms with Crippen LogP contribution >= 0.6 is 0 Å². The Morgan fingerprint density at radius 3 is 1.79 bits per heavy atom. The minimum absolute atomic E-state index is 0.00330. The molecule has 0 spiro atoms. The highest BCUT2D eigenvalue weighted by Gasteiger charge is 2.15. The Kier molecular flexibility index (Phi) is 12.4. The third kappa shape index (κ3) is 9.76. The van der Waals surface area contributed by atoms with Crippen molar-refractivity contribution in [3.8, 4) is 23.0 Å². The van der Waals surface area contributed by atoms with Crippen LogP contribution in [-0.2, 0) is 4.79 Å². The summed E-state index contributed by atoms with van der Waals surface area (Å²) in [4.78, 5) is 38.6. The summed E-state index contributed by atoms with van der Waals surface area (Å²) in [6, 6.07) is 8.37. The number of rotatable bonds is 16. The van der Waals surface area contributed by atoms with Crippen molar-refractivity contribution in [1.29, 1.82) is 0 Å². The van der Waals surface area contributed by atoms with Crippen molar-refractivity contribution >= 4 is 17.7 Å². The molecule has 39 heavy (non-hydrogen) atoms. The van der Waals surface area contributed by atoms with E-state index in [4.69, 9.17) is 0 Å². The maximum atomic E-state index is 12.4. The lowest BCUT2D eigenvalue weighted by Crippen LogP contribution is -2.31. The van der Waals surface area contributed by atoms with Gasteiger partial charge in [0.2, 0.25) is 5.91 Å². The number of phenols is 4. The van der Waals surface area contributed by atoms with Crippen LogP contribution in [-0.4, -0.2) is 75.8 Å². The molecule has 0 saturated heterocycles. The summed E-state index contributed by atoms with van der Waals surface area (Å²) in [5.74, 6) is -2.71.